The molecule has 1 saturated carbocycles. The van der Waals surface area contributed by atoms with Crippen molar-refractivity contribution in [3.8, 4) is 0 Å². The zero-order chi connectivity index (χ0) is 14.1. The molecular formula is C13H25NO5. The summed E-state index contributed by atoms with van der Waals surface area (Å²) in [6, 6.07) is 0. The molecule has 0 amide bonds. The Hall–Kier alpha value is -0.690. The first-order valence-electron chi connectivity index (χ1n) is 6.79. The van der Waals surface area contributed by atoms with E-state index in [-0.39, 0.29) is 6.10 Å². The van der Waals surface area contributed by atoms with Gasteiger partial charge in [-0.2, -0.15) is 0 Å². The highest BCUT2D eigenvalue weighted by Gasteiger charge is 2.39. The summed E-state index contributed by atoms with van der Waals surface area (Å²) in [5.74, 6) is -0.934. The molecule has 6 heteroatoms. The predicted molar refractivity (Wildman–Crippen MR) is 70.1 cm³/mol. The fourth-order valence-corrected chi connectivity index (χ4v) is 2.27. The SMILES string of the molecule is COCCCOCCOC1CCCC(N)(C(=O)O)C1. The Bertz CT molecular complexity index is 274. The van der Waals surface area contributed by atoms with Gasteiger partial charge in [0.25, 0.3) is 0 Å². The number of hydrogen-bond donors (Lipinski definition) is 2. The molecule has 2 atom stereocenters. The minimum absolute atomic E-state index is 0.0718. The van der Waals surface area contributed by atoms with E-state index in [2.05, 4.69) is 0 Å². The molecule has 1 aliphatic carbocycles. The van der Waals surface area contributed by atoms with E-state index in [0.717, 1.165) is 19.3 Å². The van der Waals surface area contributed by atoms with Crippen LogP contribution in [-0.4, -0.2) is 56.3 Å². The first kappa shape index (κ1) is 16.4. The van der Waals surface area contributed by atoms with E-state index in [1.54, 1.807) is 7.11 Å². The van der Waals surface area contributed by atoms with Gasteiger partial charge in [-0.15, -0.1) is 0 Å². The van der Waals surface area contributed by atoms with E-state index >= 15 is 0 Å². The third-order valence-corrected chi connectivity index (χ3v) is 3.39. The van der Waals surface area contributed by atoms with Crippen LogP contribution in [0.3, 0.4) is 0 Å². The second-order valence-corrected chi connectivity index (χ2v) is 5.01. The smallest absolute Gasteiger partial charge is 0.323 e. The first-order chi connectivity index (χ1) is 9.08. The van der Waals surface area contributed by atoms with Gasteiger partial charge in [-0.05, 0) is 25.7 Å². The molecule has 0 saturated heterocycles. The summed E-state index contributed by atoms with van der Waals surface area (Å²) < 4.78 is 15.9. The number of carboxylic acids is 1. The summed E-state index contributed by atoms with van der Waals surface area (Å²) in [5.41, 5.74) is 4.73. The Morgan fingerprint density at radius 2 is 2.16 bits per heavy atom. The number of carbonyl (C=O) groups is 1. The van der Waals surface area contributed by atoms with E-state index in [1.807, 2.05) is 0 Å². The summed E-state index contributed by atoms with van der Waals surface area (Å²) in [5, 5.41) is 9.09. The van der Waals surface area contributed by atoms with Crippen LogP contribution >= 0.6 is 0 Å². The molecule has 6 nitrogen and oxygen atoms in total. The number of carboxylic acid groups (broad SMARTS) is 1. The number of aliphatic carboxylic acids is 1. The van der Waals surface area contributed by atoms with Crippen LogP contribution in [0, 0.1) is 0 Å². The van der Waals surface area contributed by atoms with Gasteiger partial charge in [0.2, 0.25) is 0 Å². The third kappa shape index (κ3) is 5.86. The third-order valence-electron chi connectivity index (χ3n) is 3.39. The molecule has 0 aliphatic heterocycles. The zero-order valence-corrected chi connectivity index (χ0v) is 11.6. The summed E-state index contributed by atoms with van der Waals surface area (Å²) in [6.07, 6.45) is 3.36. The lowest BCUT2D eigenvalue weighted by molar-refractivity contribution is -0.147. The average molecular weight is 275 g/mol. The normalized spacial score (nSPS) is 27.4. The molecule has 0 aromatic heterocycles. The van der Waals surface area contributed by atoms with Crippen molar-refractivity contribution in [3.05, 3.63) is 0 Å². The van der Waals surface area contributed by atoms with Crippen LogP contribution in [0.5, 0.6) is 0 Å². The summed E-state index contributed by atoms with van der Waals surface area (Å²) in [6.45, 7) is 2.34. The summed E-state index contributed by atoms with van der Waals surface area (Å²) in [4.78, 5) is 11.1. The van der Waals surface area contributed by atoms with Crippen molar-refractivity contribution < 1.29 is 24.1 Å². The van der Waals surface area contributed by atoms with Crippen LogP contribution in [0.1, 0.15) is 32.1 Å². The molecule has 112 valence electrons. The predicted octanol–water partition coefficient (Wildman–Crippen LogP) is 0.781. The summed E-state index contributed by atoms with van der Waals surface area (Å²) >= 11 is 0. The lowest BCUT2D eigenvalue weighted by Crippen LogP contribution is -2.52. The molecule has 0 bridgehead atoms. The van der Waals surface area contributed by atoms with E-state index < -0.39 is 11.5 Å². The van der Waals surface area contributed by atoms with Gasteiger partial charge in [-0.1, -0.05) is 0 Å². The van der Waals surface area contributed by atoms with Crippen molar-refractivity contribution in [1.82, 2.24) is 0 Å². The highest BCUT2D eigenvalue weighted by molar-refractivity contribution is 5.78. The van der Waals surface area contributed by atoms with Crippen LogP contribution in [0.2, 0.25) is 0 Å². The maximum absolute atomic E-state index is 11.1. The van der Waals surface area contributed by atoms with Crippen molar-refractivity contribution in [2.45, 2.75) is 43.7 Å². The highest BCUT2D eigenvalue weighted by atomic mass is 16.5. The highest BCUT2D eigenvalue weighted by Crippen LogP contribution is 2.28. The lowest BCUT2D eigenvalue weighted by Gasteiger charge is -2.34. The standard InChI is InChI=1S/C13H25NO5/c1-17-6-3-7-18-8-9-19-11-4-2-5-13(14,10-11)12(15)16/h11H,2-10,14H2,1H3,(H,15,16). The van der Waals surface area contributed by atoms with Gasteiger partial charge >= 0.3 is 5.97 Å². The number of hydrogen-bond acceptors (Lipinski definition) is 5. The minimum atomic E-state index is -1.12. The Morgan fingerprint density at radius 3 is 2.84 bits per heavy atom. The van der Waals surface area contributed by atoms with E-state index in [4.69, 9.17) is 25.1 Å². The Morgan fingerprint density at radius 1 is 1.37 bits per heavy atom. The number of ether oxygens (including phenoxy) is 3. The Balaban J connectivity index is 2.11. The summed E-state index contributed by atoms with van der Waals surface area (Å²) in [7, 11) is 1.66. The maximum atomic E-state index is 11.1. The van der Waals surface area contributed by atoms with Crippen LogP contribution in [0.25, 0.3) is 0 Å². The monoisotopic (exact) mass is 275 g/mol. The second kappa shape index (κ2) is 8.47. The molecular weight excluding hydrogens is 250 g/mol. The largest absolute Gasteiger partial charge is 0.480 e. The van der Waals surface area contributed by atoms with Crippen LogP contribution in [-0.2, 0) is 19.0 Å². The quantitative estimate of drug-likeness (QED) is 0.604. The molecule has 1 fully saturated rings. The first-order valence-corrected chi connectivity index (χ1v) is 6.79. The lowest BCUT2D eigenvalue weighted by atomic mass is 9.81. The molecule has 0 heterocycles. The van der Waals surface area contributed by atoms with Crippen LogP contribution in [0.15, 0.2) is 0 Å². The fraction of sp³-hybridized carbons (Fsp3) is 0.923. The Labute approximate surface area is 114 Å². The minimum Gasteiger partial charge on any atom is -0.480 e. The molecule has 1 rings (SSSR count). The van der Waals surface area contributed by atoms with E-state index in [1.165, 1.54) is 0 Å². The molecule has 0 aromatic carbocycles. The van der Waals surface area contributed by atoms with Gasteiger partial charge in [-0.25, -0.2) is 0 Å². The van der Waals surface area contributed by atoms with Crippen molar-refractivity contribution in [2.75, 3.05) is 33.5 Å². The molecule has 0 aromatic rings. The zero-order valence-electron chi connectivity index (χ0n) is 11.6. The molecule has 0 spiro atoms. The van der Waals surface area contributed by atoms with E-state index in [0.29, 0.717) is 39.3 Å². The fourth-order valence-electron chi connectivity index (χ4n) is 2.27. The second-order valence-electron chi connectivity index (χ2n) is 5.01. The number of nitrogens with two attached hydrogens (primary N) is 1. The topological polar surface area (TPSA) is 91.0 Å². The molecule has 1 aliphatic rings. The van der Waals surface area contributed by atoms with Gasteiger partial charge in [0.15, 0.2) is 0 Å². The van der Waals surface area contributed by atoms with E-state index in [9.17, 15) is 4.79 Å². The molecule has 3 N–H and O–H groups in total. The molecule has 0 radical (unpaired) electrons. The average Bonchev–Trinajstić information content (AvgIpc) is 2.38. The van der Waals surface area contributed by atoms with Gasteiger partial charge in [-0.3, -0.25) is 4.79 Å². The van der Waals surface area contributed by atoms with Crippen LogP contribution < -0.4 is 5.73 Å². The van der Waals surface area contributed by atoms with Crippen LogP contribution in [0.4, 0.5) is 0 Å². The number of methoxy groups -OCH3 is 1. The van der Waals surface area contributed by atoms with Gasteiger partial charge in [0, 0.05) is 26.7 Å². The van der Waals surface area contributed by atoms with Gasteiger partial charge in [0.1, 0.15) is 5.54 Å². The molecule has 2 unspecified atom stereocenters. The van der Waals surface area contributed by atoms with Crippen molar-refractivity contribution in [1.29, 1.82) is 0 Å². The Kier molecular flexibility index (Phi) is 7.30. The number of rotatable bonds is 9. The molecule has 19 heavy (non-hydrogen) atoms. The van der Waals surface area contributed by atoms with Crippen molar-refractivity contribution in [3.63, 3.8) is 0 Å². The van der Waals surface area contributed by atoms with Gasteiger partial charge < -0.3 is 25.1 Å². The maximum Gasteiger partial charge on any atom is 0.323 e. The van der Waals surface area contributed by atoms with Crippen molar-refractivity contribution >= 4 is 5.97 Å². The van der Waals surface area contributed by atoms with Crippen molar-refractivity contribution in [2.24, 2.45) is 5.73 Å². The van der Waals surface area contributed by atoms with Gasteiger partial charge in [0.05, 0.1) is 19.3 Å².